The minimum Gasteiger partial charge on any atom is -0.440 e. The average Bonchev–Trinajstić information content (AvgIpc) is 2.74. The minimum absolute atomic E-state index is 0.0953. The van der Waals surface area contributed by atoms with Crippen molar-refractivity contribution in [2.24, 2.45) is 0 Å². The molecule has 0 aliphatic heterocycles. The number of hydrogen-bond donors (Lipinski definition) is 1. The number of aromatic nitrogens is 1. The van der Waals surface area contributed by atoms with Crippen molar-refractivity contribution < 1.29 is 9.52 Å². The van der Waals surface area contributed by atoms with Crippen LogP contribution in [0.3, 0.4) is 0 Å². The van der Waals surface area contributed by atoms with Gasteiger partial charge in [-0.1, -0.05) is 0 Å². The fourth-order valence-corrected chi connectivity index (χ4v) is 2.00. The van der Waals surface area contributed by atoms with Crippen LogP contribution in [-0.2, 0) is 6.42 Å². The number of oxazole rings is 1. The van der Waals surface area contributed by atoms with Gasteiger partial charge in [-0.05, 0) is 19.1 Å². The van der Waals surface area contributed by atoms with Gasteiger partial charge in [0.05, 0.1) is 17.7 Å². The van der Waals surface area contributed by atoms with Crippen LogP contribution in [0, 0.1) is 6.92 Å². The fourth-order valence-electron chi connectivity index (χ4n) is 1.20. The van der Waals surface area contributed by atoms with Crippen LogP contribution in [0.1, 0.15) is 10.6 Å². The van der Waals surface area contributed by atoms with Gasteiger partial charge < -0.3 is 9.52 Å². The Balaban J connectivity index is 2.24. The molecule has 74 valence electrons. The Bertz CT molecular complexity index is 419. The average molecular weight is 209 g/mol. The number of aliphatic hydroxyl groups excluding tert-OH is 1. The van der Waals surface area contributed by atoms with Crippen molar-refractivity contribution in [3.05, 3.63) is 29.0 Å². The van der Waals surface area contributed by atoms with Gasteiger partial charge in [-0.2, -0.15) is 0 Å². The first kappa shape index (κ1) is 9.43. The Hall–Kier alpha value is -1.13. The molecule has 1 N–H and O–H groups in total. The Morgan fingerprint density at radius 3 is 3.00 bits per heavy atom. The van der Waals surface area contributed by atoms with Crippen LogP contribution in [0.4, 0.5) is 0 Å². The van der Waals surface area contributed by atoms with Crippen molar-refractivity contribution >= 4 is 11.3 Å². The van der Waals surface area contributed by atoms with Gasteiger partial charge in [0, 0.05) is 11.3 Å². The summed E-state index contributed by atoms with van der Waals surface area (Å²) >= 11 is 1.65. The SMILES string of the molecule is Cc1ccc(-c2ncc(CCO)o2)s1. The van der Waals surface area contributed by atoms with Crippen LogP contribution in [-0.4, -0.2) is 16.7 Å². The Kier molecular flexibility index (Phi) is 2.65. The summed E-state index contributed by atoms with van der Waals surface area (Å²) in [7, 11) is 0. The van der Waals surface area contributed by atoms with Crippen LogP contribution in [0.2, 0.25) is 0 Å². The lowest BCUT2D eigenvalue weighted by Crippen LogP contribution is -1.86. The molecule has 0 radical (unpaired) electrons. The molecule has 4 heteroatoms. The quantitative estimate of drug-likeness (QED) is 0.843. The van der Waals surface area contributed by atoms with Crippen molar-refractivity contribution in [3.8, 4) is 10.8 Å². The van der Waals surface area contributed by atoms with Crippen LogP contribution in [0.15, 0.2) is 22.7 Å². The van der Waals surface area contributed by atoms with Crippen molar-refractivity contribution in [1.29, 1.82) is 0 Å². The summed E-state index contributed by atoms with van der Waals surface area (Å²) in [5.74, 6) is 1.38. The van der Waals surface area contributed by atoms with Gasteiger partial charge in [0.25, 0.3) is 0 Å². The summed E-state index contributed by atoms with van der Waals surface area (Å²) in [4.78, 5) is 6.42. The van der Waals surface area contributed by atoms with E-state index >= 15 is 0 Å². The maximum Gasteiger partial charge on any atom is 0.236 e. The molecule has 0 unspecified atom stereocenters. The summed E-state index contributed by atoms with van der Waals surface area (Å²) in [6, 6.07) is 4.03. The van der Waals surface area contributed by atoms with E-state index in [0.29, 0.717) is 12.3 Å². The second-order valence-corrected chi connectivity index (χ2v) is 4.30. The third-order valence-corrected chi connectivity index (χ3v) is 2.85. The molecule has 14 heavy (non-hydrogen) atoms. The number of nitrogens with zero attached hydrogens (tertiary/aromatic N) is 1. The zero-order valence-electron chi connectivity index (χ0n) is 7.86. The number of aliphatic hydroxyl groups is 1. The third kappa shape index (κ3) is 1.86. The molecule has 0 fully saturated rings. The Labute approximate surface area is 86.0 Å². The van der Waals surface area contributed by atoms with Gasteiger partial charge in [-0.3, -0.25) is 0 Å². The molecule has 0 aromatic carbocycles. The fraction of sp³-hybridized carbons (Fsp3) is 0.300. The molecule has 2 rings (SSSR count). The topological polar surface area (TPSA) is 46.3 Å². The molecule has 0 saturated carbocycles. The number of hydrogen-bond acceptors (Lipinski definition) is 4. The smallest absolute Gasteiger partial charge is 0.236 e. The summed E-state index contributed by atoms with van der Waals surface area (Å²) in [6.07, 6.45) is 2.19. The molecule has 3 nitrogen and oxygen atoms in total. The van der Waals surface area contributed by atoms with Crippen LogP contribution in [0.25, 0.3) is 10.8 Å². The second kappa shape index (κ2) is 3.94. The predicted molar refractivity (Wildman–Crippen MR) is 55.3 cm³/mol. The Morgan fingerprint density at radius 1 is 1.50 bits per heavy atom. The highest BCUT2D eigenvalue weighted by Crippen LogP contribution is 2.27. The van der Waals surface area contributed by atoms with E-state index in [4.69, 9.17) is 9.52 Å². The molecular weight excluding hydrogens is 198 g/mol. The first-order valence-electron chi connectivity index (χ1n) is 4.42. The maximum atomic E-state index is 8.72. The van der Waals surface area contributed by atoms with E-state index in [1.807, 2.05) is 19.1 Å². The van der Waals surface area contributed by atoms with Gasteiger partial charge >= 0.3 is 0 Å². The van der Waals surface area contributed by atoms with Gasteiger partial charge in [0.1, 0.15) is 5.76 Å². The van der Waals surface area contributed by atoms with E-state index in [2.05, 4.69) is 4.98 Å². The zero-order valence-corrected chi connectivity index (χ0v) is 8.67. The molecular formula is C10H11NO2S. The molecule has 0 amide bonds. The molecule has 0 atom stereocenters. The van der Waals surface area contributed by atoms with E-state index < -0.39 is 0 Å². The summed E-state index contributed by atoms with van der Waals surface area (Å²) < 4.78 is 5.46. The van der Waals surface area contributed by atoms with Crippen LogP contribution in [0.5, 0.6) is 0 Å². The summed E-state index contributed by atoms with van der Waals surface area (Å²) in [5.41, 5.74) is 0. The first-order chi connectivity index (χ1) is 6.79. The lowest BCUT2D eigenvalue weighted by Gasteiger charge is -1.89. The lowest BCUT2D eigenvalue weighted by molar-refractivity contribution is 0.288. The first-order valence-corrected chi connectivity index (χ1v) is 5.23. The van der Waals surface area contributed by atoms with Crippen molar-refractivity contribution in [1.82, 2.24) is 4.98 Å². The summed E-state index contributed by atoms with van der Waals surface area (Å²) in [6.45, 7) is 2.14. The molecule has 2 aromatic heterocycles. The van der Waals surface area contributed by atoms with E-state index in [1.54, 1.807) is 17.5 Å². The molecule has 0 spiro atoms. The Morgan fingerprint density at radius 2 is 2.36 bits per heavy atom. The lowest BCUT2D eigenvalue weighted by atomic mass is 10.4. The van der Waals surface area contributed by atoms with Crippen molar-refractivity contribution in [2.45, 2.75) is 13.3 Å². The third-order valence-electron chi connectivity index (χ3n) is 1.86. The normalized spacial score (nSPS) is 10.7. The highest BCUT2D eigenvalue weighted by atomic mass is 32.1. The molecule has 0 aliphatic carbocycles. The van der Waals surface area contributed by atoms with Gasteiger partial charge in [0.15, 0.2) is 0 Å². The van der Waals surface area contributed by atoms with Crippen LogP contribution >= 0.6 is 11.3 Å². The van der Waals surface area contributed by atoms with Gasteiger partial charge in [0.2, 0.25) is 5.89 Å². The van der Waals surface area contributed by atoms with E-state index in [0.717, 1.165) is 10.6 Å². The molecule has 2 aromatic rings. The largest absolute Gasteiger partial charge is 0.440 e. The minimum atomic E-state index is 0.0953. The number of aryl methyl sites for hydroxylation is 1. The van der Waals surface area contributed by atoms with E-state index in [9.17, 15) is 0 Å². The zero-order chi connectivity index (χ0) is 9.97. The molecule has 0 aliphatic rings. The summed E-state index contributed by atoms with van der Waals surface area (Å²) in [5, 5.41) is 8.72. The second-order valence-electron chi connectivity index (χ2n) is 3.02. The number of rotatable bonds is 3. The monoisotopic (exact) mass is 209 g/mol. The predicted octanol–water partition coefficient (Wildman–Crippen LogP) is 2.25. The van der Waals surface area contributed by atoms with Crippen molar-refractivity contribution in [2.75, 3.05) is 6.61 Å². The van der Waals surface area contributed by atoms with Crippen LogP contribution < -0.4 is 0 Å². The highest BCUT2D eigenvalue weighted by Gasteiger charge is 2.07. The maximum absolute atomic E-state index is 8.72. The molecule has 0 saturated heterocycles. The molecule has 0 bridgehead atoms. The van der Waals surface area contributed by atoms with Gasteiger partial charge in [-0.25, -0.2) is 4.98 Å². The van der Waals surface area contributed by atoms with E-state index in [1.165, 1.54) is 4.88 Å². The number of thiophene rings is 1. The van der Waals surface area contributed by atoms with Gasteiger partial charge in [-0.15, -0.1) is 11.3 Å². The van der Waals surface area contributed by atoms with Crippen molar-refractivity contribution in [3.63, 3.8) is 0 Å². The highest BCUT2D eigenvalue weighted by molar-refractivity contribution is 7.15. The van der Waals surface area contributed by atoms with E-state index in [-0.39, 0.29) is 6.61 Å². The molecule has 2 heterocycles. The standard InChI is InChI=1S/C10H11NO2S/c1-7-2-3-9(14-7)10-11-6-8(13-10)4-5-12/h2-3,6,12H,4-5H2,1H3.